The highest BCUT2D eigenvalue weighted by atomic mass is 79.9. The number of carbonyl (C=O) groups excluding carboxylic acids is 2. The Labute approximate surface area is 145 Å². The summed E-state index contributed by atoms with van der Waals surface area (Å²) in [5, 5.41) is 2.82. The highest BCUT2D eigenvalue weighted by Crippen LogP contribution is 2.24. The summed E-state index contributed by atoms with van der Waals surface area (Å²) in [5.74, 6) is 1.04. The van der Waals surface area contributed by atoms with E-state index in [1.165, 1.54) is 4.90 Å². The number of nitrogens with zero attached hydrogens (tertiary/aromatic N) is 1. The summed E-state index contributed by atoms with van der Waals surface area (Å²) in [6.45, 7) is 6.53. The van der Waals surface area contributed by atoms with E-state index < -0.39 is 5.54 Å². The van der Waals surface area contributed by atoms with Gasteiger partial charge in [-0.25, -0.2) is 4.79 Å². The molecule has 1 saturated heterocycles. The first-order chi connectivity index (χ1) is 10.8. The van der Waals surface area contributed by atoms with E-state index in [4.69, 9.17) is 4.74 Å². The van der Waals surface area contributed by atoms with Crippen LogP contribution < -0.4 is 10.1 Å². The first-order valence-corrected chi connectivity index (χ1v) is 8.63. The Kier molecular flexibility index (Phi) is 5.68. The monoisotopic (exact) mass is 382 g/mol. The molecule has 0 spiro atoms. The minimum absolute atomic E-state index is 0.164. The molecule has 0 saturated carbocycles. The van der Waals surface area contributed by atoms with E-state index in [0.717, 1.165) is 10.9 Å². The van der Waals surface area contributed by atoms with Gasteiger partial charge in [-0.2, -0.15) is 0 Å². The van der Waals surface area contributed by atoms with Gasteiger partial charge in [0.25, 0.3) is 5.91 Å². The summed E-state index contributed by atoms with van der Waals surface area (Å²) in [6, 6.07) is 7.10. The number of imide groups is 1. The number of halogens is 1. The van der Waals surface area contributed by atoms with Crippen molar-refractivity contribution in [1.82, 2.24) is 10.2 Å². The van der Waals surface area contributed by atoms with Crippen LogP contribution >= 0.6 is 15.9 Å². The summed E-state index contributed by atoms with van der Waals surface area (Å²) in [4.78, 5) is 25.8. The Bertz CT molecular complexity index is 574. The Morgan fingerprint density at radius 1 is 1.26 bits per heavy atom. The number of urea groups is 1. The molecule has 3 amide bonds. The minimum Gasteiger partial charge on any atom is -0.492 e. The molecular formula is C17H23BrN2O3. The minimum atomic E-state index is -0.793. The zero-order valence-electron chi connectivity index (χ0n) is 13.8. The second kappa shape index (κ2) is 7.34. The van der Waals surface area contributed by atoms with Crippen molar-refractivity contribution in [3.63, 3.8) is 0 Å². The maximum atomic E-state index is 12.5. The zero-order chi connectivity index (χ0) is 17.0. The van der Waals surface area contributed by atoms with E-state index in [-0.39, 0.29) is 25.1 Å². The molecule has 1 aliphatic rings. The highest BCUT2D eigenvalue weighted by Gasteiger charge is 2.47. The smallest absolute Gasteiger partial charge is 0.325 e. The summed E-state index contributed by atoms with van der Waals surface area (Å²) in [7, 11) is 0. The maximum absolute atomic E-state index is 12.5. The first kappa shape index (κ1) is 17.8. The van der Waals surface area contributed by atoms with Crippen LogP contribution in [0.5, 0.6) is 5.75 Å². The molecule has 1 fully saturated rings. The quantitative estimate of drug-likeness (QED) is 0.733. The molecule has 1 aromatic rings. The van der Waals surface area contributed by atoms with Gasteiger partial charge in [0.05, 0.1) is 6.54 Å². The number of nitrogens with one attached hydrogen (secondary N) is 1. The van der Waals surface area contributed by atoms with Crippen molar-refractivity contribution in [2.75, 3.05) is 13.2 Å². The molecular weight excluding hydrogens is 360 g/mol. The third kappa shape index (κ3) is 4.47. The Morgan fingerprint density at radius 3 is 2.52 bits per heavy atom. The van der Waals surface area contributed by atoms with Gasteiger partial charge in [-0.3, -0.25) is 9.69 Å². The van der Waals surface area contributed by atoms with Crippen molar-refractivity contribution in [3.8, 4) is 5.75 Å². The van der Waals surface area contributed by atoms with Crippen molar-refractivity contribution in [1.29, 1.82) is 0 Å². The number of hydrogen-bond acceptors (Lipinski definition) is 3. The van der Waals surface area contributed by atoms with Crippen LogP contribution in [0.2, 0.25) is 0 Å². The predicted octanol–water partition coefficient (Wildman–Crippen LogP) is 3.57. The van der Waals surface area contributed by atoms with Crippen molar-refractivity contribution in [2.24, 2.45) is 5.92 Å². The van der Waals surface area contributed by atoms with E-state index in [9.17, 15) is 9.59 Å². The molecule has 5 nitrogen and oxygen atoms in total. The van der Waals surface area contributed by atoms with Crippen molar-refractivity contribution < 1.29 is 14.3 Å². The molecule has 0 bridgehead atoms. The van der Waals surface area contributed by atoms with Gasteiger partial charge in [0, 0.05) is 4.47 Å². The van der Waals surface area contributed by atoms with Crippen LogP contribution in [0.25, 0.3) is 0 Å². The lowest BCUT2D eigenvalue weighted by Crippen LogP contribution is -2.44. The van der Waals surface area contributed by atoms with Crippen LogP contribution in [0.15, 0.2) is 28.7 Å². The van der Waals surface area contributed by atoms with Gasteiger partial charge in [0.1, 0.15) is 17.9 Å². The van der Waals surface area contributed by atoms with Crippen LogP contribution in [0.4, 0.5) is 4.79 Å². The molecule has 1 heterocycles. The fourth-order valence-corrected chi connectivity index (χ4v) is 2.75. The maximum Gasteiger partial charge on any atom is 0.325 e. The lowest BCUT2D eigenvalue weighted by molar-refractivity contribution is -0.131. The molecule has 1 aromatic carbocycles. The van der Waals surface area contributed by atoms with Gasteiger partial charge in [-0.05, 0) is 49.9 Å². The molecule has 6 heteroatoms. The predicted molar refractivity (Wildman–Crippen MR) is 92.4 cm³/mol. The normalized spacial score (nSPS) is 21.0. The topological polar surface area (TPSA) is 58.6 Å². The molecule has 1 aliphatic heterocycles. The molecule has 0 aliphatic carbocycles. The van der Waals surface area contributed by atoms with Crippen LogP contribution in [0, 0.1) is 5.92 Å². The number of ether oxygens (including phenoxy) is 1. The number of amides is 3. The highest BCUT2D eigenvalue weighted by molar-refractivity contribution is 9.10. The van der Waals surface area contributed by atoms with Gasteiger partial charge in [-0.15, -0.1) is 0 Å². The zero-order valence-corrected chi connectivity index (χ0v) is 15.4. The molecule has 0 radical (unpaired) electrons. The van der Waals surface area contributed by atoms with Crippen molar-refractivity contribution in [3.05, 3.63) is 28.7 Å². The summed E-state index contributed by atoms with van der Waals surface area (Å²) in [6.07, 6.45) is 1.55. The van der Waals surface area contributed by atoms with Crippen LogP contribution in [-0.4, -0.2) is 35.5 Å². The number of benzene rings is 1. The van der Waals surface area contributed by atoms with Gasteiger partial charge < -0.3 is 10.1 Å². The number of carbonyl (C=O) groups is 2. The summed E-state index contributed by atoms with van der Waals surface area (Å²) in [5.41, 5.74) is -0.793. The summed E-state index contributed by atoms with van der Waals surface area (Å²) < 4.78 is 6.56. The third-order valence-corrected chi connectivity index (χ3v) is 4.49. The number of hydrogen-bond donors (Lipinski definition) is 1. The number of rotatable bonds is 7. The van der Waals surface area contributed by atoms with Crippen molar-refractivity contribution in [2.45, 2.75) is 39.2 Å². The average Bonchev–Trinajstić information content (AvgIpc) is 2.71. The summed E-state index contributed by atoms with van der Waals surface area (Å²) >= 11 is 3.36. The van der Waals surface area contributed by atoms with E-state index in [1.54, 1.807) is 6.92 Å². The van der Waals surface area contributed by atoms with Gasteiger partial charge >= 0.3 is 6.03 Å². The molecule has 2 rings (SSSR count). The third-order valence-electron chi connectivity index (χ3n) is 3.96. The Morgan fingerprint density at radius 2 is 1.91 bits per heavy atom. The van der Waals surface area contributed by atoms with Crippen LogP contribution in [-0.2, 0) is 4.79 Å². The standard InChI is InChI=1S/C17H23BrN2O3/c1-12(2)8-9-17(3)15(21)20(16(22)19-17)10-11-23-14-6-4-13(18)5-7-14/h4-7,12H,8-11H2,1-3H3,(H,19,22)/t17-/m0/s1. The van der Waals surface area contributed by atoms with Crippen molar-refractivity contribution >= 4 is 27.9 Å². The van der Waals surface area contributed by atoms with E-state index in [2.05, 4.69) is 35.1 Å². The average molecular weight is 383 g/mol. The second-order valence-corrected chi connectivity index (χ2v) is 7.37. The fourth-order valence-electron chi connectivity index (χ4n) is 2.48. The van der Waals surface area contributed by atoms with E-state index in [1.807, 2.05) is 24.3 Å². The van der Waals surface area contributed by atoms with Gasteiger partial charge in [-0.1, -0.05) is 29.8 Å². The molecule has 1 atom stereocenters. The molecule has 23 heavy (non-hydrogen) atoms. The fraction of sp³-hybridized carbons (Fsp3) is 0.529. The van der Waals surface area contributed by atoms with Gasteiger partial charge in [0.15, 0.2) is 0 Å². The largest absolute Gasteiger partial charge is 0.492 e. The molecule has 0 unspecified atom stereocenters. The second-order valence-electron chi connectivity index (χ2n) is 6.45. The molecule has 0 aromatic heterocycles. The van der Waals surface area contributed by atoms with Crippen LogP contribution in [0.3, 0.4) is 0 Å². The Hall–Kier alpha value is -1.56. The Balaban J connectivity index is 1.88. The van der Waals surface area contributed by atoms with E-state index in [0.29, 0.717) is 18.1 Å². The van der Waals surface area contributed by atoms with Gasteiger partial charge in [0.2, 0.25) is 0 Å². The first-order valence-electron chi connectivity index (χ1n) is 7.84. The van der Waals surface area contributed by atoms with Crippen LogP contribution in [0.1, 0.15) is 33.6 Å². The van der Waals surface area contributed by atoms with E-state index >= 15 is 0 Å². The SMILES string of the molecule is CC(C)CC[C@]1(C)NC(=O)N(CCOc2ccc(Br)cc2)C1=O. The molecule has 1 N–H and O–H groups in total. The molecule has 126 valence electrons. The lowest BCUT2D eigenvalue weighted by atomic mass is 9.92. The lowest BCUT2D eigenvalue weighted by Gasteiger charge is -2.22.